The Balaban J connectivity index is 1.62. The summed E-state index contributed by atoms with van der Waals surface area (Å²) in [6.45, 7) is 2.22. The van der Waals surface area contributed by atoms with E-state index in [1.807, 2.05) is 32.4 Å². The Morgan fingerprint density at radius 2 is 2.03 bits per heavy atom. The third kappa shape index (κ3) is 11.2. The highest BCUT2D eigenvalue weighted by Crippen LogP contribution is 2.20. The number of aryl methyl sites for hydroxylation is 1. The molecule has 2 rings (SSSR count). The number of likely N-dealkylation sites (N-methyl/N-ethyl adjacent to an activating group) is 1. The third-order valence-electron chi connectivity index (χ3n) is 4.71. The van der Waals surface area contributed by atoms with Crippen molar-refractivity contribution in [2.75, 3.05) is 45.2 Å². The Kier molecular flexibility index (Phi) is 12.3. The first-order valence-electron chi connectivity index (χ1n) is 10.6. The van der Waals surface area contributed by atoms with Gasteiger partial charge in [-0.05, 0) is 43.7 Å². The third-order valence-corrected chi connectivity index (χ3v) is 7.08. The zero-order valence-corrected chi connectivity index (χ0v) is 20.6. The van der Waals surface area contributed by atoms with Gasteiger partial charge >= 0.3 is 6.03 Å². The minimum absolute atomic E-state index is 0.135. The van der Waals surface area contributed by atoms with E-state index in [0.29, 0.717) is 26.1 Å². The van der Waals surface area contributed by atoms with Crippen molar-refractivity contribution in [3.05, 3.63) is 52.2 Å². The van der Waals surface area contributed by atoms with Crippen LogP contribution in [0.5, 0.6) is 5.75 Å². The molecule has 0 aliphatic carbocycles. The van der Waals surface area contributed by atoms with Gasteiger partial charge in [-0.15, -0.1) is 5.10 Å². The van der Waals surface area contributed by atoms with Crippen LogP contribution >= 0.6 is 21.6 Å². The molecule has 180 valence electrons. The van der Waals surface area contributed by atoms with Crippen molar-refractivity contribution in [1.29, 1.82) is 0 Å². The Labute approximate surface area is 201 Å². The molecule has 11 nitrogen and oxygen atoms in total. The molecule has 0 fully saturated rings. The number of aromatic hydroxyl groups is 1. The topological polar surface area (TPSA) is 144 Å². The molecule has 1 aromatic carbocycles. The van der Waals surface area contributed by atoms with E-state index in [0.717, 1.165) is 35.7 Å². The number of urea groups is 1. The SMILES string of the molecule is CN(C)C(CNC(=O)NCCc1cn(CCSSCCN=[N+]=[N-])nn1)Cc1ccc(O)cc1. The van der Waals surface area contributed by atoms with Gasteiger partial charge in [0.05, 0.1) is 12.2 Å². The first-order chi connectivity index (χ1) is 16.0. The number of amides is 2. The monoisotopic (exact) mass is 493 g/mol. The van der Waals surface area contributed by atoms with E-state index in [1.165, 1.54) is 0 Å². The van der Waals surface area contributed by atoms with Crippen LogP contribution in [-0.2, 0) is 19.4 Å². The highest BCUT2D eigenvalue weighted by molar-refractivity contribution is 8.76. The van der Waals surface area contributed by atoms with Crippen LogP contribution in [0.4, 0.5) is 4.79 Å². The number of hydrogen-bond acceptors (Lipinski definition) is 8. The highest BCUT2D eigenvalue weighted by Gasteiger charge is 2.14. The van der Waals surface area contributed by atoms with Crippen molar-refractivity contribution in [2.45, 2.75) is 25.4 Å². The van der Waals surface area contributed by atoms with Crippen LogP contribution in [0, 0.1) is 0 Å². The van der Waals surface area contributed by atoms with Crippen molar-refractivity contribution >= 4 is 27.6 Å². The second-order valence-electron chi connectivity index (χ2n) is 7.45. The minimum Gasteiger partial charge on any atom is -0.508 e. The Morgan fingerprint density at radius 1 is 1.27 bits per heavy atom. The molecular weight excluding hydrogens is 462 g/mol. The number of nitrogens with zero attached hydrogens (tertiary/aromatic N) is 7. The number of phenols is 1. The largest absolute Gasteiger partial charge is 0.508 e. The van der Waals surface area contributed by atoms with Crippen LogP contribution in [0.2, 0.25) is 0 Å². The molecule has 33 heavy (non-hydrogen) atoms. The normalized spacial score (nSPS) is 11.7. The number of benzene rings is 1. The molecule has 2 amide bonds. The molecule has 0 bridgehead atoms. The number of azide groups is 1. The zero-order chi connectivity index (χ0) is 23.9. The van der Waals surface area contributed by atoms with Crippen LogP contribution in [-0.4, -0.2) is 82.3 Å². The van der Waals surface area contributed by atoms with Gasteiger partial charge < -0.3 is 20.6 Å². The Bertz CT molecular complexity index is 886. The summed E-state index contributed by atoms with van der Waals surface area (Å²) in [5.74, 6) is 1.91. The van der Waals surface area contributed by atoms with Gasteiger partial charge in [-0.2, -0.15) is 0 Å². The summed E-state index contributed by atoms with van der Waals surface area (Å²) in [5, 5.41) is 27.0. The predicted octanol–water partition coefficient (Wildman–Crippen LogP) is 2.69. The van der Waals surface area contributed by atoms with Gasteiger partial charge in [0.25, 0.3) is 0 Å². The van der Waals surface area contributed by atoms with Crippen molar-refractivity contribution in [1.82, 2.24) is 30.5 Å². The smallest absolute Gasteiger partial charge is 0.314 e. The van der Waals surface area contributed by atoms with Gasteiger partial charge in [-0.1, -0.05) is 44.0 Å². The van der Waals surface area contributed by atoms with E-state index in [2.05, 4.69) is 35.9 Å². The van der Waals surface area contributed by atoms with Crippen LogP contribution in [0.3, 0.4) is 0 Å². The number of hydrogen-bond donors (Lipinski definition) is 3. The molecule has 3 N–H and O–H groups in total. The molecule has 0 aliphatic rings. The first-order valence-corrected chi connectivity index (χ1v) is 13.1. The summed E-state index contributed by atoms with van der Waals surface area (Å²) in [4.78, 5) is 17.0. The Hall–Kier alpha value is -2.60. The van der Waals surface area contributed by atoms with E-state index < -0.39 is 0 Å². The van der Waals surface area contributed by atoms with E-state index in [1.54, 1.807) is 38.4 Å². The van der Waals surface area contributed by atoms with E-state index in [-0.39, 0.29) is 17.8 Å². The molecule has 0 aliphatic heterocycles. The van der Waals surface area contributed by atoms with Gasteiger partial charge in [0.15, 0.2) is 0 Å². The number of carbonyl (C=O) groups excluding carboxylic acids is 1. The maximum absolute atomic E-state index is 12.2. The van der Waals surface area contributed by atoms with E-state index in [9.17, 15) is 9.90 Å². The van der Waals surface area contributed by atoms with Crippen LogP contribution < -0.4 is 10.6 Å². The molecule has 0 saturated carbocycles. The van der Waals surface area contributed by atoms with Crippen molar-refractivity contribution < 1.29 is 9.90 Å². The zero-order valence-electron chi connectivity index (χ0n) is 18.9. The van der Waals surface area contributed by atoms with Gasteiger partial charge in [-0.25, -0.2) is 4.79 Å². The van der Waals surface area contributed by atoms with Crippen molar-refractivity contribution in [2.24, 2.45) is 5.11 Å². The van der Waals surface area contributed by atoms with Crippen LogP contribution in [0.25, 0.3) is 10.4 Å². The van der Waals surface area contributed by atoms with Gasteiger partial charge in [0, 0.05) is 54.7 Å². The fourth-order valence-corrected chi connectivity index (χ4v) is 4.66. The average molecular weight is 494 g/mol. The van der Waals surface area contributed by atoms with Crippen molar-refractivity contribution in [3.63, 3.8) is 0 Å². The fraction of sp³-hybridized carbons (Fsp3) is 0.550. The Morgan fingerprint density at radius 3 is 2.76 bits per heavy atom. The molecule has 0 radical (unpaired) electrons. The molecule has 13 heteroatoms. The molecule has 0 spiro atoms. The fourth-order valence-electron chi connectivity index (χ4n) is 2.85. The maximum Gasteiger partial charge on any atom is 0.314 e. The predicted molar refractivity (Wildman–Crippen MR) is 133 cm³/mol. The molecule has 1 heterocycles. The highest BCUT2D eigenvalue weighted by atomic mass is 33.1. The van der Waals surface area contributed by atoms with Crippen LogP contribution in [0.1, 0.15) is 11.3 Å². The maximum atomic E-state index is 12.2. The average Bonchev–Trinajstić information content (AvgIpc) is 3.24. The summed E-state index contributed by atoms with van der Waals surface area (Å²) in [6.07, 6.45) is 3.26. The number of phenolic OH excluding ortho intramolecular Hbond substituents is 1. The molecule has 2 aromatic rings. The lowest BCUT2D eigenvalue weighted by Gasteiger charge is -2.25. The van der Waals surface area contributed by atoms with E-state index >= 15 is 0 Å². The summed E-state index contributed by atoms with van der Waals surface area (Å²) in [6, 6.07) is 7.05. The van der Waals surface area contributed by atoms with Gasteiger partial charge in [-0.3, -0.25) is 4.68 Å². The molecular formula is C20H31N9O2S2. The standard InChI is InChI=1S/C20H31N9O2S2/c1-28(2)18(13-16-3-5-19(30)6-4-16)14-23-20(31)22-8-7-17-15-29(27-25-17)10-12-33-32-11-9-24-26-21/h3-6,15,18,30H,7-14H2,1-2H3,(H2,22,23,31). The minimum atomic E-state index is -0.214. The van der Waals surface area contributed by atoms with Gasteiger partial charge in [0.1, 0.15) is 5.75 Å². The molecule has 1 unspecified atom stereocenters. The quantitative estimate of drug-likeness (QED) is 0.114. The lowest BCUT2D eigenvalue weighted by Crippen LogP contribution is -2.45. The number of carbonyl (C=O) groups is 1. The summed E-state index contributed by atoms with van der Waals surface area (Å²) in [5.41, 5.74) is 10.2. The van der Waals surface area contributed by atoms with Crippen molar-refractivity contribution in [3.8, 4) is 5.75 Å². The second-order valence-corrected chi connectivity index (χ2v) is 10.1. The summed E-state index contributed by atoms with van der Waals surface area (Å²) < 4.78 is 1.79. The molecule has 1 aromatic heterocycles. The van der Waals surface area contributed by atoms with Crippen LogP contribution in [0.15, 0.2) is 35.6 Å². The lowest BCUT2D eigenvalue weighted by atomic mass is 10.1. The molecule has 1 atom stereocenters. The number of aromatic nitrogens is 3. The molecule has 0 saturated heterocycles. The number of rotatable bonds is 15. The summed E-state index contributed by atoms with van der Waals surface area (Å²) in [7, 11) is 7.33. The summed E-state index contributed by atoms with van der Waals surface area (Å²) >= 11 is 0. The lowest BCUT2D eigenvalue weighted by molar-refractivity contribution is 0.232. The van der Waals surface area contributed by atoms with E-state index in [4.69, 9.17) is 5.53 Å². The van der Waals surface area contributed by atoms with Gasteiger partial charge in [0.2, 0.25) is 0 Å². The first kappa shape index (κ1) is 26.7. The number of nitrogens with one attached hydrogen (secondary N) is 2. The second kappa shape index (κ2) is 15.3.